The van der Waals surface area contributed by atoms with Gasteiger partial charge in [-0.25, -0.2) is 9.59 Å². The number of benzene rings is 8. The van der Waals surface area contributed by atoms with Gasteiger partial charge in [-0.3, -0.25) is 71.5 Å². The van der Waals surface area contributed by atoms with Gasteiger partial charge >= 0.3 is 33.6 Å². The molecular weight excluding hydrogens is 1460 g/mol. The van der Waals surface area contributed by atoms with Crippen LogP contribution < -0.4 is 65.5 Å². The Kier molecular flexibility index (Phi) is 48.0. The minimum absolute atomic E-state index is 0.0606. The summed E-state index contributed by atoms with van der Waals surface area (Å²) in [5.41, 5.74) is 6.62. The Balaban J connectivity index is 0.00000129. The minimum atomic E-state index is -0.729. The second-order valence-corrected chi connectivity index (χ2v) is 22.3. The highest BCUT2D eigenvalue weighted by Gasteiger charge is 2.12. The van der Waals surface area contributed by atoms with Crippen molar-refractivity contribution in [3.8, 4) is 5.75 Å². The number of imidazole rings is 2. The first-order valence-corrected chi connectivity index (χ1v) is 36.7. The predicted molar refractivity (Wildman–Crippen MR) is 459 cm³/mol. The first kappa shape index (κ1) is 100. The molecule has 30 nitrogen and oxygen atoms in total. The van der Waals surface area contributed by atoms with Gasteiger partial charge in [-0.2, -0.15) is 0 Å². The number of phenolic OH excluding ortho intramolecular Hbond substituents is 1. The first-order chi connectivity index (χ1) is 54.6. The Bertz CT molecular complexity index is 5420. The second kappa shape index (κ2) is 54.6. The number of carbonyl (C=O) groups is 9. The van der Waals surface area contributed by atoms with Crippen molar-refractivity contribution < 1.29 is 48.3 Å². The summed E-state index contributed by atoms with van der Waals surface area (Å²) in [7, 11) is 6.36. The normalized spacial score (nSPS) is 9.37. The van der Waals surface area contributed by atoms with Crippen LogP contribution in [0.1, 0.15) is 129 Å². The number of fused-ring (bicyclic) bond motifs is 5. The maximum absolute atomic E-state index is 11.5. The zero-order valence-corrected chi connectivity index (χ0v) is 68.4. The van der Waals surface area contributed by atoms with Crippen LogP contribution in [-0.2, 0) is 71.3 Å². The molecule has 6 amide bonds. The van der Waals surface area contributed by atoms with Gasteiger partial charge in [0.15, 0.2) is 0 Å². The number of phenols is 1. The number of H-pyrrole nitrogens is 4. The van der Waals surface area contributed by atoms with Crippen LogP contribution in [0.25, 0.3) is 54.9 Å². The summed E-state index contributed by atoms with van der Waals surface area (Å²) in [6, 6.07) is 50.1. The van der Waals surface area contributed by atoms with E-state index in [1.54, 1.807) is 99.0 Å². The topological polar surface area (TPSA) is 431 Å². The fraction of sp³-hybridized carbons (Fsp3) is 0.274. The van der Waals surface area contributed by atoms with Gasteiger partial charge in [0.2, 0.25) is 37.0 Å². The van der Waals surface area contributed by atoms with Gasteiger partial charge in [-0.05, 0) is 153 Å². The lowest BCUT2D eigenvalue weighted by Gasteiger charge is -2.07. The zero-order chi connectivity index (χ0) is 86.7. The molecule has 0 fully saturated rings. The number of hydrogen-bond donors (Lipinski definition) is 11. The number of Topliss-reactive ketones (excluding diaryl/α,β-unsaturated/α-hetero) is 3. The minimum Gasteiger partial charge on any atom is -0.508 e. The van der Waals surface area contributed by atoms with E-state index in [1.807, 2.05) is 169 Å². The number of nitrogens with zero attached hydrogens (tertiary/aromatic N) is 4. The quantitative estimate of drug-likeness (QED) is 0.0258. The number of ketones is 3. The lowest BCUT2D eigenvalue weighted by atomic mass is 10.1. The van der Waals surface area contributed by atoms with Gasteiger partial charge in [0, 0.05) is 62.3 Å². The van der Waals surface area contributed by atoms with E-state index in [4.69, 9.17) is 0 Å². The van der Waals surface area contributed by atoms with Crippen molar-refractivity contribution in [2.24, 2.45) is 28.2 Å². The standard InChI is InChI=1S/C13H13N3O4.C12H13N3O3.C11H10O.C10H9N3O3.C10H11NO2.C9H9N3O2.C7H7NO.6C2H6/c1-7(17)5-11(18)14-8-3-4-10-9(6-8)15-12(19)13(20)16(10)2;1-7(16)5-11(17)13-8-3-4-10-9(6-8)14-12(18)15(10)2;1-8-6-9-4-2-3-5-10(9)7-11(8)12;1-13-8-3-2-6(11-5-14)4-7(8)12-9(15)10(13)16;1-8(12)7-10(13)11-9-5-3-2-4-6-9;1-12-8-3-2-6(10-5-13)4-7(8)11-9(12)14;9-6-8-7-4-2-1-3-5-7;6*1-2/h3-4,6H,5H2,1-2H3,(H,14,18)(H,15,19);3-4,6H,5H2,1-2H3,(H,13,17)(H,14,18);2-7,12H,1H3;2-5H,1H3,(H,11,14)(H,12,15);2-6H,7H2,1H3,(H,11,13);2-5H,1H3,(H,10,13)(H,11,14);1-6H,(H,8,9);6*1-2H3. The molecule has 0 aliphatic carbocycles. The summed E-state index contributed by atoms with van der Waals surface area (Å²) in [6.45, 7) is 30.0. The summed E-state index contributed by atoms with van der Waals surface area (Å²) in [5.74, 6) is -1.24. The lowest BCUT2D eigenvalue weighted by molar-refractivity contribution is -0.125. The highest BCUT2D eigenvalue weighted by atomic mass is 16.3. The number of aryl methyl sites for hydroxylation is 5. The van der Waals surface area contributed by atoms with Gasteiger partial charge in [0.05, 0.1) is 63.4 Å². The van der Waals surface area contributed by atoms with Gasteiger partial charge in [-0.15, -0.1) is 0 Å². The third-order valence-corrected chi connectivity index (χ3v) is 14.4. The Morgan fingerprint density at radius 3 is 0.947 bits per heavy atom. The number of rotatable bonds is 15. The van der Waals surface area contributed by atoms with E-state index >= 15 is 0 Å². The average Bonchev–Trinajstić information content (AvgIpc) is 1.78. The van der Waals surface area contributed by atoms with Crippen LogP contribution in [0.5, 0.6) is 5.75 Å². The van der Waals surface area contributed by atoms with Crippen LogP contribution in [0.2, 0.25) is 0 Å². The van der Waals surface area contributed by atoms with Crippen LogP contribution in [0.15, 0.2) is 199 Å². The fourth-order valence-electron chi connectivity index (χ4n) is 9.44. The molecule has 4 heterocycles. The van der Waals surface area contributed by atoms with E-state index in [9.17, 15) is 77.0 Å². The molecule has 0 unspecified atom stereocenters. The molecule has 4 aromatic heterocycles. The molecule has 0 aliphatic heterocycles. The van der Waals surface area contributed by atoms with Crippen LogP contribution in [-0.4, -0.2) is 97.6 Å². The molecule has 30 heteroatoms. The summed E-state index contributed by atoms with van der Waals surface area (Å²) in [5, 5.41) is 26.9. The molecule has 0 saturated carbocycles. The summed E-state index contributed by atoms with van der Waals surface area (Å²) >= 11 is 0. The third kappa shape index (κ3) is 33.5. The number of para-hydroxylation sites is 2. The molecule has 610 valence electrons. The van der Waals surface area contributed by atoms with E-state index < -0.39 is 28.1 Å². The SMILES string of the molecule is CC.CC.CC.CC.CC.CC.CC(=O)CC(=O)Nc1ccc2c(c1)[nH]c(=O)c(=O)n2C.CC(=O)CC(=O)Nc1ccc2c(c1)[nH]c(=O)n2C.CC(=O)CC(=O)Nc1ccccc1.Cc1cc2ccccc2cc1O.Cn1c(=O)[nH]c2cc(NC=O)ccc21.Cn1c(=O)c(=O)[nH]c2cc(NC=O)ccc21.O=CNc1ccccc1. The molecule has 11 N–H and O–H groups in total. The molecule has 0 aliphatic rings. The monoisotopic (exact) mass is 1570 g/mol. The maximum Gasteiger partial charge on any atom is 0.326 e. The maximum atomic E-state index is 11.5. The van der Waals surface area contributed by atoms with E-state index in [1.165, 1.54) is 64.6 Å². The number of carbonyl (C=O) groups excluding carboxylic acids is 9. The molecular formula is C84H108N14O16. The van der Waals surface area contributed by atoms with Crippen molar-refractivity contribution in [2.75, 3.05) is 31.9 Å². The highest BCUT2D eigenvalue weighted by molar-refractivity contribution is 6.05. The van der Waals surface area contributed by atoms with Crippen molar-refractivity contribution in [3.63, 3.8) is 0 Å². The third-order valence-electron chi connectivity index (χ3n) is 14.4. The molecule has 12 aromatic rings. The molecule has 0 atom stereocenters. The van der Waals surface area contributed by atoms with Crippen molar-refractivity contribution in [1.29, 1.82) is 0 Å². The van der Waals surface area contributed by atoms with Crippen LogP contribution in [0.3, 0.4) is 0 Å². The average molecular weight is 1570 g/mol. The van der Waals surface area contributed by atoms with E-state index in [-0.39, 0.29) is 59.8 Å². The van der Waals surface area contributed by atoms with Gasteiger partial charge < -0.3 is 66.1 Å². The molecule has 0 radical (unpaired) electrons. The Morgan fingerprint density at radius 1 is 0.342 bits per heavy atom. The Hall–Kier alpha value is -13.9. The zero-order valence-electron chi connectivity index (χ0n) is 68.4. The van der Waals surface area contributed by atoms with Crippen LogP contribution in [0.4, 0.5) is 34.1 Å². The van der Waals surface area contributed by atoms with Crippen LogP contribution in [0, 0.1) is 6.92 Å². The van der Waals surface area contributed by atoms with E-state index in [0.29, 0.717) is 86.5 Å². The molecule has 0 saturated heterocycles. The predicted octanol–water partition coefficient (Wildman–Crippen LogP) is 13.0. The van der Waals surface area contributed by atoms with Gasteiger partial charge in [0.1, 0.15) is 23.1 Å². The number of aromatic amines is 4. The van der Waals surface area contributed by atoms with E-state index in [0.717, 1.165) is 27.7 Å². The van der Waals surface area contributed by atoms with E-state index in [2.05, 4.69) is 51.8 Å². The lowest BCUT2D eigenvalue weighted by Crippen LogP contribution is -2.34. The number of aromatic hydroxyl groups is 1. The number of aromatic nitrogens is 8. The Morgan fingerprint density at radius 2 is 0.614 bits per heavy atom. The summed E-state index contributed by atoms with van der Waals surface area (Å²) in [4.78, 5) is 175. The number of amides is 6. The van der Waals surface area contributed by atoms with Crippen molar-refractivity contribution in [1.82, 2.24) is 38.2 Å². The molecule has 114 heavy (non-hydrogen) atoms. The molecule has 0 bridgehead atoms. The van der Waals surface area contributed by atoms with Crippen molar-refractivity contribution in [3.05, 3.63) is 238 Å². The van der Waals surface area contributed by atoms with Crippen molar-refractivity contribution >= 4 is 143 Å². The first-order valence-electron chi connectivity index (χ1n) is 36.7. The number of hydrogen-bond acceptors (Lipinski definition) is 16. The number of nitrogens with one attached hydrogen (secondary N) is 10. The fourth-order valence-corrected chi connectivity index (χ4v) is 9.44. The molecule has 8 aromatic carbocycles. The molecule has 12 rings (SSSR count). The summed E-state index contributed by atoms with van der Waals surface area (Å²) in [6.07, 6.45) is 1.39. The second-order valence-electron chi connectivity index (χ2n) is 22.3. The highest BCUT2D eigenvalue weighted by Crippen LogP contribution is 2.24. The number of anilines is 6. The van der Waals surface area contributed by atoms with Crippen LogP contribution >= 0.6 is 0 Å². The largest absolute Gasteiger partial charge is 0.508 e. The van der Waals surface area contributed by atoms with Crippen molar-refractivity contribution in [2.45, 2.75) is 130 Å². The Labute approximate surface area is 660 Å². The van der Waals surface area contributed by atoms with Gasteiger partial charge in [0.25, 0.3) is 0 Å². The van der Waals surface area contributed by atoms with Gasteiger partial charge in [-0.1, -0.05) is 144 Å². The molecule has 0 spiro atoms. The summed E-state index contributed by atoms with van der Waals surface area (Å²) < 4.78 is 5.49. The smallest absolute Gasteiger partial charge is 0.326 e.